The smallest absolute Gasteiger partial charge is 0.270 e. The van der Waals surface area contributed by atoms with Crippen molar-refractivity contribution >= 4 is 24.4 Å². The second kappa shape index (κ2) is 4.25. The van der Waals surface area contributed by atoms with Gasteiger partial charge in [-0.15, -0.1) is 5.10 Å². The van der Waals surface area contributed by atoms with E-state index in [9.17, 15) is 4.79 Å². The molecule has 1 fully saturated rings. The van der Waals surface area contributed by atoms with E-state index in [1.807, 2.05) is 6.92 Å². The molecule has 0 radical (unpaired) electrons. The highest BCUT2D eigenvalue weighted by atomic mass is 32.2. The minimum Gasteiger partial charge on any atom is -0.270 e. The molecule has 0 bridgehead atoms. The number of thiol groups is 1. The van der Waals surface area contributed by atoms with E-state index in [1.54, 1.807) is 16.3 Å². The second-order valence-corrected chi connectivity index (χ2v) is 5.26. The van der Waals surface area contributed by atoms with Gasteiger partial charge >= 0.3 is 5.69 Å². The van der Waals surface area contributed by atoms with Crippen LogP contribution in [0.2, 0.25) is 0 Å². The Balaban J connectivity index is 2.02. The summed E-state index contributed by atoms with van der Waals surface area (Å²) in [5, 5.41) is 7.30. The van der Waals surface area contributed by atoms with Crippen LogP contribution < -0.4 is 5.69 Å². The first kappa shape index (κ1) is 11.1. The number of H-pyrrole nitrogens is 1. The molecule has 0 atom stereocenters. The summed E-state index contributed by atoms with van der Waals surface area (Å²) in [4.78, 5) is 11.3. The van der Waals surface area contributed by atoms with Gasteiger partial charge in [0.2, 0.25) is 0 Å². The molecular weight excluding hydrogens is 230 g/mol. The molecule has 6 heteroatoms. The second-order valence-electron chi connectivity index (χ2n) is 4.00. The van der Waals surface area contributed by atoms with Crippen LogP contribution in [0.25, 0.3) is 0 Å². The SMILES string of the molecule is CCn1c(SCC2(CS)CC2)n[nH]c1=O. The Morgan fingerprint density at radius 2 is 2.40 bits per heavy atom. The molecule has 1 aromatic rings. The van der Waals surface area contributed by atoms with Gasteiger partial charge in [-0.05, 0) is 30.9 Å². The van der Waals surface area contributed by atoms with E-state index in [-0.39, 0.29) is 5.69 Å². The predicted octanol–water partition coefficient (Wildman–Crippen LogP) is 1.39. The highest BCUT2D eigenvalue weighted by molar-refractivity contribution is 7.99. The van der Waals surface area contributed by atoms with Crippen LogP contribution in [-0.4, -0.2) is 26.3 Å². The first-order valence-electron chi connectivity index (χ1n) is 5.10. The molecule has 0 spiro atoms. The molecule has 1 aliphatic rings. The summed E-state index contributed by atoms with van der Waals surface area (Å²) in [6.07, 6.45) is 2.51. The summed E-state index contributed by atoms with van der Waals surface area (Å²) in [5.74, 6) is 1.95. The Morgan fingerprint density at radius 1 is 1.67 bits per heavy atom. The van der Waals surface area contributed by atoms with E-state index in [0.717, 1.165) is 16.7 Å². The van der Waals surface area contributed by atoms with Crippen molar-refractivity contribution in [2.45, 2.75) is 31.5 Å². The fourth-order valence-electron chi connectivity index (χ4n) is 1.43. The lowest BCUT2D eigenvalue weighted by Gasteiger charge is -2.10. The molecule has 1 aliphatic carbocycles. The number of nitrogens with one attached hydrogen (secondary N) is 1. The summed E-state index contributed by atoms with van der Waals surface area (Å²) in [6.45, 7) is 2.62. The van der Waals surface area contributed by atoms with Gasteiger partial charge in [0.15, 0.2) is 5.16 Å². The number of aromatic amines is 1. The first-order chi connectivity index (χ1) is 7.21. The highest BCUT2D eigenvalue weighted by Crippen LogP contribution is 2.49. The van der Waals surface area contributed by atoms with Crippen LogP contribution in [0, 0.1) is 5.41 Å². The van der Waals surface area contributed by atoms with E-state index in [2.05, 4.69) is 22.8 Å². The van der Waals surface area contributed by atoms with E-state index < -0.39 is 0 Å². The molecule has 0 aliphatic heterocycles. The van der Waals surface area contributed by atoms with Gasteiger partial charge in [0.1, 0.15) is 0 Å². The minimum atomic E-state index is -0.115. The molecule has 1 aromatic heterocycles. The number of hydrogen-bond donors (Lipinski definition) is 2. The van der Waals surface area contributed by atoms with Crippen LogP contribution in [0.3, 0.4) is 0 Å². The minimum absolute atomic E-state index is 0.115. The molecule has 0 aromatic carbocycles. The van der Waals surface area contributed by atoms with Crippen LogP contribution in [0.4, 0.5) is 0 Å². The van der Waals surface area contributed by atoms with Crippen molar-refractivity contribution in [3.8, 4) is 0 Å². The van der Waals surface area contributed by atoms with E-state index >= 15 is 0 Å². The average molecular weight is 245 g/mol. The van der Waals surface area contributed by atoms with Gasteiger partial charge in [0.05, 0.1) is 0 Å². The third-order valence-corrected chi connectivity index (χ3v) is 4.84. The van der Waals surface area contributed by atoms with Crippen molar-refractivity contribution in [2.75, 3.05) is 11.5 Å². The molecule has 1 heterocycles. The lowest BCUT2D eigenvalue weighted by Crippen LogP contribution is -2.16. The molecule has 84 valence electrons. The quantitative estimate of drug-likeness (QED) is 0.609. The molecule has 15 heavy (non-hydrogen) atoms. The average Bonchev–Trinajstić information content (AvgIpc) is 2.95. The highest BCUT2D eigenvalue weighted by Gasteiger charge is 2.41. The van der Waals surface area contributed by atoms with Crippen molar-refractivity contribution in [3.05, 3.63) is 10.5 Å². The Bertz CT molecular complexity index is 394. The van der Waals surface area contributed by atoms with Crippen LogP contribution in [0.15, 0.2) is 9.95 Å². The predicted molar refractivity (Wildman–Crippen MR) is 64.8 cm³/mol. The van der Waals surface area contributed by atoms with Crippen molar-refractivity contribution < 1.29 is 0 Å². The topological polar surface area (TPSA) is 50.7 Å². The lowest BCUT2D eigenvalue weighted by atomic mass is 10.2. The van der Waals surface area contributed by atoms with Crippen molar-refractivity contribution in [1.29, 1.82) is 0 Å². The maximum Gasteiger partial charge on any atom is 0.343 e. The van der Waals surface area contributed by atoms with Gasteiger partial charge in [-0.3, -0.25) is 4.57 Å². The zero-order valence-electron chi connectivity index (χ0n) is 8.69. The zero-order chi connectivity index (χ0) is 10.9. The van der Waals surface area contributed by atoms with Gasteiger partial charge in [-0.1, -0.05) is 11.8 Å². The Hall–Kier alpha value is -0.360. The van der Waals surface area contributed by atoms with Crippen LogP contribution in [0.1, 0.15) is 19.8 Å². The summed E-state index contributed by atoms with van der Waals surface area (Å²) in [6, 6.07) is 0. The lowest BCUT2D eigenvalue weighted by molar-refractivity contribution is 0.649. The standard InChI is InChI=1S/C9H15N3OS2/c1-2-12-7(13)10-11-8(12)15-6-9(5-14)3-4-9/h14H,2-6H2,1H3,(H,10,13). The monoisotopic (exact) mass is 245 g/mol. The Labute approximate surface area is 98.2 Å². The van der Waals surface area contributed by atoms with Crippen LogP contribution >= 0.6 is 24.4 Å². The van der Waals surface area contributed by atoms with Crippen LogP contribution in [-0.2, 0) is 6.54 Å². The van der Waals surface area contributed by atoms with Gasteiger partial charge in [-0.25, -0.2) is 9.89 Å². The first-order valence-corrected chi connectivity index (χ1v) is 6.71. The van der Waals surface area contributed by atoms with E-state index in [1.165, 1.54) is 12.8 Å². The summed E-state index contributed by atoms with van der Waals surface area (Å²) in [7, 11) is 0. The zero-order valence-corrected chi connectivity index (χ0v) is 10.4. The molecular formula is C9H15N3OS2. The van der Waals surface area contributed by atoms with Crippen molar-refractivity contribution in [3.63, 3.8) is 0 Å². The maximum atomic E-state index is 11.3. The maximum absolute atomic E-state index is 11.3. The molecule has 1 saturated carbocycles. The molecule has 4 nitrogen and oxygen atoms in total. The molecule has 2 rings (SSSR count). The third kappa shape index (κ3) is 2.25. The fourth-order valence-corrected chi connectivity index (χ4v) is 3.32. The normalized spacial score (nSPS) is 18.0. The summed E-state index contributed by atoms with van der Waals surface area (Å²) < 4.78 is 1.67. The van der Waals surface area contributed by atoms with Gasteiger partial charge in [0.25, 0.3) is 0 Å². The van der Waals surface area contributed by atoms with Crippen molar-refractivity contribution in [2.24, 2.45) is 5.41 Å². The third-order valence-electron chi connectivity index (χ3n) is 2.84. The number of thioether (sulfide) groups is 1. The number of hydrogen-bond acceptors (Lipinski definition) is 4. The summed E-state index contributed by atoms with van der Waals surface area (Å²) in [5.41, 5.74) is 0.289. The molecule has 0 saturated heterocycles. The van der Waals surface area contributed by atoms with Crippen molar-refractivity contribution in [1.82, 2.24) is 14.8 Å². The summed E-state index contributed by atoms with van der Waals surface area (Å²) >= 11 is 6.01. The van der Waals surface area contributed by atoms with E-state index in [0.29, 0.717) is 12.0 Å². The van der Waals surface area contributed by atoms with E-state index in [4.69, 9.17) is 0 Å². The number of nitrogens with zero attached hydrogens (tertiary/aromatic N) is 2. The molecule has 0 amide bonds. The largest absolute Gasteiger partial charge is 0.343 e. The number of aromatic nitrogens is 3. The Kier molecular flexibility index (Phi) is 3.16. The number of rotatable bonds is 5. The van der Waals surface area contributed by atoms with Gasteiger partial charge in [0, 0.05) is 12.3 Å². The van der Waals surface area contributed by atoms with Crippen LogP contribution in [0.5, 0.6) is 0 Å². The molecule has 1 N–H and O–H groups in total. The van der Waals surface area contributed by atoms with Gasteiger partial charge < -0.3 is 0 Å². The fraction of sp³-hybridized carbons (Fsp3) is 0.778. The van der Waals surface area contributed by atoms with Gasteiger partial charge in [-0.2, -0.15) is 12.6 Å². The molecule has 0 unspecified atom stereocenters. The Morgan fingerprint density at radius 3 is 2.93 bits per heavy atom.